The highest BCUT2D eigenvalue weighted by molar-refractivity contribution is 5.99. The summed E-state index contributed by atoms with van der Waals surface area (Å²) in [6.07, 6.45) is 0.999. The Balaban J connectivity index is 2.14. The van der Waals surface area contributed by atoms with Gasteiger partial charge in [0.1, 0.15) is 17.1 Å². The topological polar surface area (TPSA) is 51.2 Å². The molecule has 0 saturated carbocycles. The zero-order valence-electron chi connectivity index (χ0n) is 15.9. The lowest BCUT2D eigenvalue weighted by Gasteiger charge is -2.44. The lowest BCUT2D eigenvalue weighted by atomic mass is 10.0. The number of amides is 1. The molecular formula is C19H30N2O4. The Labute approximate surface area is 150 Å². The van der Waals surface area contributed by atoms with E-state index in [9.17, 15) is 4.79 Å². The second kappa shape index (κ2) is 9.06. The molecule has 140 valence electrons. The van der Waals surface area contributed by atoms with Crippen LogP contribution < -0.4 is 9.47 Å². The highest BCUT2D eigenvalue weighted by Gasteiger charge is 2.33. The SMILES string of the molecule is COCCCN1C(C)CN(C(=O)c2c(OC)cccc2OC)CC1C. The fraction of sp³-hybridized carbons (Fsp3) is 0.632. The number of benzene rings is 1. The van der Waals surface area contributed by atoms with Gasteiger partial charge in [-0.2, -0.15) is 0 Å². The molecule has 2 atom stereocenters. The summed E-state index contributed by atoms with van der Waals surface area (Å²) in [7, 11) is 4.87. The van der Waals surface area contributed by atoms with Crippen LogP contribution in [0, 0.1) is 0 Å². The quantitative estimate of drug-likeness (QED) is 0.706. The summed E-state index contributed by atoms with van der Waals surface area (Å²) in [6, 6.07) is 6.01. The van der Waals surface area contributed by atoms with Gasteiger partial charge >= 0.3 is 0 Å². The number of rotatable bonds is 7. The summed E-state index contributed by atoms with van der Waals surface area (Å²) in [5, 5.41) is 0. The van der Waals surface area contributed by atoms with Crippen molar-refractivity contribution in [2.24, 2.45) is 0 Å². The summed E-state index contributed by atoms with van der Waals surface area (Å²) in [4.78, 5) is 17.5. The molecular weight excluding hydrogens is 320 g/mol. The Morgan fingerprint density at radius 2 is 1.64 bits per heavy atom. The van der Waals surface area contributed by atoms with E-state index in [0.717, 1.165) is 19.6 Å². The van der Waals surface area contributed by atoms with Crippen molar-refractivity contribution in [3.8, 4) is 11.5 Å². The Kier molecular flexibility index (Phi) is 7.08. The molecule has 1 amide bonds. The number of hydrogen-bond donors (Lipinski definition) is 0. The highest BCUT2D eigenvalue weighted by atomic mass is 16.5. The minimum Gasteiger partial charge on any atom is -0.496 e. The molecule has 1 saturated heterocycles. The Hall–Kier alpha value is -1.79. The highest BCUT2D eigenvalue weighted by Crippen LogP contribution is 2.30. The van der Waals surface area contributed by atoms with Crippen LogP contribution in [0.2, 0.25) is 0 Å². The third kappa shape index (κ3) is 4.44. The van der Waals surface area contributed by atoms with Crippen LogP contribution in [0.25, 0.3) is 0 Å². The van der Waals surface area contributed by atoms with Gasteiger partial charge in [0.25, 0.3) is 5.91 Å². The zero-order chi connectivity index (χ0) is 18.4. The summed E-state index contributed by atoms with van der Waals surface area (Å²) in [5.74, 6) is 1.06. The van der Waals surface area contributed by atoms with Crippen molar-refractivity contribution in [3.05, 3.63) is 23.8 Å². The summed E-state index contributed by atoms with van der Waals surface area (Å²) in [6.45, 7) is 7.46. The largest absolute Gasteiger partial charge is 0.496 e. The van der Waals surface area contributed by atoms with Crippen LogP contribution in [-0.4, -0.2) is 75.4 Å². The van der Waals surface area contributed by atoms with E-state index in [2.05, 4.69) is 18.7 Å². The zero-order valence-corrected chi connectivity index (χ0v) is 15.9. The molecule has 0 radical (unpaired) electrons. The van der Waals surface area contributed by atoms with Gasteiger partial charge in [-0.05, 0) is 32.4 Å². The van der Waals surface area contributed by atoms with Crippen molar-refractivity contribution in [2.75, 3.05) is 47.6 Å². The minimum atomic E-state index is -0.0375. The molecule has 6 nitrogen and oxygen atoms in total. The molecule has 0 spiro atoms. The van der Waals surface area contributed by atoms with Crippen LogP contribution >= 0.6 is 0 Å². The predicted octanol–water partition coefficient (Wildman–Crippen LogP) is 2.28. The summed E-state index contributed by atoms with van der Waals surface area (Å²) < 4.78 is 15.9. The first-order chi connectivity index (χ1) is 12.0. The second-order valence-corrected chi connectivity index (χ2v) is 6.53. The van der Waals surface area contributed by atoms with E-state index in [-0.39, 0.29) is 5.91 Å². The third-order valence-corrected chi connectivity index (χ3v) is 4.80. The van der Waals surface area contributed by atoms with Gasteiger partial charge in [0.15, 0.2) is 0 Å². The number of carbonyl (C=O) groups excluding carboxylic acids is 1. The monoisotopic (exact) mass is 350 g/mol. The van der Waals surface area contributed by atoms with E-state index in [0.29, 0.717) is 42.2 Å². The van der Waals surface area contributed by atoms with E-state index in [1.807, 2.05) is 11.0 Å². The van der Waals surface area contributed by atoms with Crippen molar-refractivity contribution in [2.45, 2.75) is 32.4 Å². The molecule has 1 heterocycles. The van der Waals surface area contributed by atoms with Crippen molar-refractivity contribution in [1.29, 1.82) is 0 Å². The molecule has 2 rings (SSSR count). The van der Waals surface area contributed by atoms with E-state index >= 15 is 0 Å². The number of methoxy groups -OCH3 is 3. The molecule has 0 bridgehead atoms. The molecule has 25 heavy (non-hydrogen) atoms. The maximum Gasteiger partial charge on any atom is 0.261 e. The smallest absolute Gasteiger partial charge is 0.261 e. The first-order valence-electron chi connectivity index (χ1n) is 8.78. The van der Waals surface area contributed by atoms with Gasteiger partial charge in [-0.3, -0.25) is 9.69 Å². The molecule has 0 aromatic heterocycles. The Bertz CT molecular complexity index is 544. The molecule has 0 N–H and O–H groups in total. The Morgan fingerprint density at radius 3 is 2.12 bits per heavy atom. The first kappa shape index (κ1) is 19.5. The summed E-state index contributed by atoms with van der Waals surface area (Å²) in [5.41, 5.74) is 0.500. The first-order valence-corrected chi connectivity index (χ1v) is 8.78. The van der Waals surface area contributed by atoms with Crippen LogP contribution in [-0.2, 0) is 4.74 Å². The maximum absolute atomic E-state index is 13.1. The van der Waals surface area contributed by atoms with Crippen LogP contribution in [0.3, 0.4) is 0 Å². The predicted molar refractivity (Wildman–Crippen MR) is 97.6 cm³/mol. The molecule has 6 heteroatoms. The van der Waals surface area contributed by atoms with E-state index in [4.69, 9.17) is 14.2 Å². The van der Waals surface area contributed by atoms with Gasteiger partial charge in [0.2, 0.25) is 0 Å². The third-order valence-electron chi connectivity index (χ3n) is 4.80. The number of nitrogens with zero attached hydrogens (tertiary/aromatic N) is 2. The lowest BCUT2D eigenvalue weighted by Crippen LogP contribution is -2.58. The van der Waals surface area contributed by atoms with Crippen molar-refractivity contribution in [1.82, 2.24) is 9.80 Å². The van der Waals surface area contributed by atoms with Gasteiger partial charge in [-0.1, -0.05) is 6.07 Å². The van der Waals surface area contributed by atoms with Crippen LogP contribution in [0.15, 0.2) is 18.2 Å². The number of piperazine rings is 1. The average Bonchev–Trinajstić information content (AvgIpc) is 2.62. The Morgan fingerprint density at radius 1 is 1.08 bits per heavy atom. The standard InChI is InChI=1S/C19H30N2O4/c1-14-12-20(13-15(2)21(14)10-7-11-23-3)19(22)18-16(24-4)8-6-9-17(18)25-5/h6,8-9,14-15H,7,10-13H2,1-5H3. The fourth-order valence-corrected chi connectivity index (χ4v) is 3.57. The van der Waals surface area contributed by atoms with Crippen LogP contribution in [0.4, 0.5) is 0 Å². The average molecular weight is 350 g/mol. The number of ether oxygens (including phenoxy) is 3. The van der Waals surface area contributed by atoms with Crippen molar-refractivity contribution >= 4 is 5.91 Å². The van der Waals surface area contributed by atoms with E-state index < -0.39 is 0 Å². The van der Waals surface area contributed by atoms with Gasteiger partial charge < -0.3 is 19.1 Å². The fourth-order valence-electron chi connectivity index (χ4n) is 3.57. The molecule has 2 unspecified atom stereocenters. The van der Waals surface area contributed by atoms with Gasteiger partial charge in [0, 0.05) is 45.4 Å². The summed E-state index contributed by atoms with van der Waals surface area (Å²) >= 11 is 0. The molecule has 1 aliphatic heterocycles. The van der Waals surface area contributed by atoms with E-state index in [1.165, 1.54) is 0 Å². The maximum atomic E-state index is 13.1. The lowest BCUT2D eigenvalue weighted by molar-refractivity contribution is 0.0266. The van der Waals surface area contributed by atoms with Crippen LogP contribution in [0.5, 0.6) is 11.5 Å². The molecule has 0 aliphatic carbocycles. The number of hydrogen-bond acceptors (Lipinski definition) is 5. The molecule has 1 aliphatic rings. The van der Waals surface area contributed by atoms with Gasteiger partial charge in [-0.15, -0.1) is 0 Å². The molecule has 1 fully saturated rings. The second-order valence-electron chi connectivity index (χ2n) is 6.53. The minimum absolute atomic E-state index is 0.0375. The van der Waals surface area contributed by atoms with E-state index in [1.54, 1.807) is 33.5 Å². The van der Waals surface area contributed by atoms with Crippen molar-refractivity contribution in [3.63, 3.8) is 0 Å². The normalized spacial score (nSPS) is 21.2. The molecule has 1 aromatic carbocycles. The number of carbonyl (C=O) groups is 1. The molecule has 1 aromatic rings. The van der Waals surface area contributed by atoms with Gasteiger partial charge in [-0.25, -0.2) is 0 Å². The van der Waals surface area contributed by atoms with Gasteiger partial charge in [0.05, 0.1) is 14.2 Å². The van der Waals surface area contributed by atoms with Crippen molar-refractivity contribution < 1.29 is 19.0 Å². The van der Waals surface area contributed by atoms with Crippen LogP contribution in [0.1, 0.15) is 30.6 Å².